The van der Waals surface area contributed by atoms with Gasteiger partial charge in [-0.25, -0.2) is 4.39 Å². The first-order valence-electron chi connectivity index (χ1n) is 4.90. The summed E-state index contributed by atoms with van der Waals surface area (Å²) in [6.45, 7) is 2.45. The first kappa shape index (κ1) is 12.6. The standard InChI is InChI=1S/C11H16BrFN2/c1-14-5-6-15(2)8-9-7-10(12)3-4-11(9)13/h3-4,7,14H,5-6,8H2,1-2H3. The summed E-state index contributed by atoms with van der Waals surface area (Å²) in [5.74, 6) is -0.144. The second kappa shape index (κ2) is 6.20. The van der Waals surface area contributed by atoms with Gasteiger partial charge in [-0.1, -0.05) is 15.9 Å². The Morgan fingerprint density at radius 3 is 2.87 bits per heavy atom. The predicted octanol–water partition coefficient (Wildman–Crippen LogP) is 2.24. The second-order valence-corrected chi connectivity index (χ2v) is 4.49. The molecule has 1 aromatic carbocycles. The van der Waals surface area contributed by atoms with Gasteiger partial charge in [0.05, 0.1) is 0 Å². The zero-order chi connectivity index (χ0) is 11.3. The highest BCUT2D eigenvalue weighted by atomic mass is 79.9. The van der Waals surface area contributed by atoms with E-state index >= 15 is 0 Å². The molecule has 4 heteroatoms. The van der Waals surface area contributed by atoms with E-state index in [4.69, 9.17) is 0 Å². The van der Waals surface area contributed by atoms with Crippen LogP contribution in [-0.4, -0.2) is 32.1 Å². The summed E-state index contributed by atoms with van der Waals surface area (Å²) in [5.41, 5.74) is 0.725. The average molecular weight is 275 g/mol. The molecule has 1 aromatic rings. The maximum absolute atomic E-state index is 13.4. The summed E-state index contributed by atoms with van der Waals surface area (Å²) in [7, 11) is 3.89. The number of hydrogen-bond acceptors (Lipinski definition) is 2. The fourth-order valence-electron chi connectivity index (χ4n) is 1.34. The molecular formula is C11H16BrFN2. The normalized spacial score (nSPS) is 11.0. The van der Waals surface area contributed by atoms with Crippen molar-refractivity contribution >= 4 is 15.9 Å². The van der Waals surface area contributed by atoms with Crippen molar-refractivity contribution < 1.29 is 4.39 Å². The molecule has 0 radical (unpaired) electrons. The lowest BCUT2D eigenvalue weighted by molar-refractivity contribution is 0.322. The van der Waals surface area contributed by atoms with Gasteiger partial charge in [-0.2, -0.15) is 0 Å². The van der Waals surface area contributed by atoms with Crippen molar-refractivity contribution in [2.75, 3.05) is 27.2 Å². The van der Waals surface area contributed by atoms with E-state index in [1.165, 1.54) is 6.07 Å². The van der Waals surface area contributed by atoms with Gasteiger partial charge in [0.1, 0.15) is 5.82 Å². The molecule has 1 N–H and O–H groups in total. The van der Waals surface area contributed by atoms with Crippen molar-refractivity contribution in [3.63, 3.8) is 0 Å². The smallest absolute Gasteiger partial charge is 0.127 e. The minimum atomic E-state index is -0.144. The van der Waals surface area contributed by atoms with E-state index in [0.717, 1.165) is 23.1 Å². The molecule has 0 aliphatic carbocycles. The molecule has 84 valence electrons. The summed E-state index contributed by atoms with van der Waals surface area (Å²) >= 11 is 3.34. The molecule has 0 amide bonds. The van der Waals surface area contributed by atoms with Gasteiger partial charge < -0.3 is 10.2 Å². The van der Waals surface area contributed by atoms with Crippen LogP contribution in [-0.2, 0) is 6.54 Å². The van der Waals surface area contributed by atoms with E-state index in [-0.39, 0.29) is 5.82 Å². The molecular weight excluding hydrogens is 259 g/mol. The van der Waals surface area contributed by atoms with Crippen LogP contribution in [0.25, 0.3) is 0 Å². The Labute approximate surface area is 98.6 Å². The van der Waals surface area contributed by atoms with Crippen molar-refractivity contribution in [3.8, 4) is 0 Å². The van der Waals surface area contributed by atoms with Crippen LogP contribution in [0.3, 0.4) is 0 Å². The van der Waals surface area contributed by atoms with Gasteiger partial charge in [-0.3, -0.25) is 0 Å². The third kappa shape index (κ3) is 4.28. The van der Waals surface area contributed by atoms with Gasteiger partial charge in [0.2, 0.25) is 0 Å². The number of likely N-dealkylation sites (N-methyl/N-ethyl adjacent to an activating group) is 2. The molecule has 0 atom stereocenters. The molecule has 0 aliphatic heterocycles. The molecule has 0 aliphatic rings. The van der Waals surface area contributed by atoms with Crippen LogP contribution in [0.15, 0.2) is 22.7 Å². The van der Waals surface area contributed by atoms with E-state index in [9.17, 15) is 4.39 Å². The monoisotopic (exact) mass is 274 g/mol. The van der Waals surface area contributed by atoms with Crippen LogP contribution in [0.2, 0.25) is 0 Å². The Hall–Kier alpha value is -0.450. The van der Waals surface area contributed by atoms with Crippen LogP contribution >= 0.6 is 15.9 Å². The number of benzene rings is 1. The fourth-order valence-corrected chi connectivity index (χ4v) is 1.75. The Morgan fingerprint density at radius 1 is 1.47 bits per heavy atom. The number of nitrogens with zero attached hydrogens (tertiary/aromatic N) is 1. The van der Waals surface area contributed by atoms with Crippen LogP contribution in [0.1, 0.15) is 5.56 Å². The summed E-state index contributed by atoms with van der Waals surface area (Å²) in [5, 5.41) is 3.07. The van der Waals surface area contributed by atoms with Gasteiger partial charge in [0, 0.05) is 29.7 Å². The van der Waals surface area contributed by atoms with E-state index in [1.54, 1.807) is 6.07 Å². The molecule has 0 saturated heterocycles. The lowest BCUT2D eigenvalue weighted by atomic mass is 10.2. The Kier molecular flexibility index (Phi) is 5.22. The highest BCUT2D eigenvalue weighted by Gasteiger charge is 2.05. The molecule has 2 nitrogen and oxygen atoms in total. The zero-order valence-corrected chi connectivity index (χ0v) is 10.6. The van der Waals surface area contributed by atoms with Gasteiger partial charge in [0.25, 0.3) is 0 Å². The summed E-state index contributed by atoms with van der Waals surface area (Å²) < 4.78 is 14.3. The maximum Gasteiger partial charge on any atom is 0.127 e. The van der Waals surface area contributed by atoms with Gasteiger partial charge in [0.15, 0.2) is 0 Å². The van der Waals surface area contributed by atoms with Crippen molar-refractivity contribution in [1.29, 1.82) is 0 Å². The van der Waals surface area contributed by atoms with E-state index < -0.39 is 0 Å². The maximum atomic E-state index is 13.4. The SMILES string of the molecule is CNCCN(C)Cc1cc(Br)ccc1F. The fraction of sp³-hybridized carbons (Fsp3) is 0.455. The largest absolute Gasteiger partial charge is 0.318 e. The number of hydrogen-bond donors (Lipinski definition) is 1. The third-order valence-electron chi connectivity index (χ3n) is 2.19. The Bertz CT molecular complexity index is 317. The Balaban J connectivity index is 2.59. The molecule has 15 heavy (non-hydrogen) atoms. The van der Waals surface area contributed by atoms with E-state index in [2.05, 4.69) is 26.1 Å². The van der Waals surface area contributed by atoms with Gasteiger partial charge in [-0.05, 0) is 32.3 Å². The summed E-state index contributed by atoms with van der Waals surface area (Å²) in [6, 6.07) is 5.03. The van der Waals surface area contributed by atoms with Gasteiger partial charge in [-0.15, -0.1) is 0 Å². The first-order chi connectivity index (χ1) is 7.13. The van der Waals surface area contributed by atoms with Crippen molar-refractivity contribution in [1.82, 2.24) is 10.2 Å². The molecule has 0 aromatic heterocycles. The molecule has 1 rings (SSSR count). The summed E-state index contributed by atoms with van der Waals surface area (Å²) in [4.78, 5) is 2.08. The highest BCUT2D eigenvalue weighted by Crippen LogP contribution is 2.16. The first-order valence-corrected chi connectivity index (χ1v) is 5.70. The minimum absolute atomic E-state index is 0.144. The minimum Gasteiger partial charge on any atom is -0.318 e. The van der Waals surface area contributed by atoms with E-state index in [0.29, 0.717) is 6.54 Å². The summed E-state index contributed by atoms with van der Waals surface area (Å²) in [6.07, 6.45) is 0. The zero-order valence-electron chi connectivity index (χ0n) is 9.06. The van der Waals surface area contributed by atoms with Crippen LogP contribution in [0.5, 0.6) is 0 Å². The topological polar surface area (TPSA) is 15.3 Å². The third-order valence-corrected chi connectivity index (χ3v) is 2.68. The lowest BCUT2D eigenvalue weighted by Crippen LogP contribution is -2.27. The second-order valence-electron chi connectivity index (χ2n) is 3.58. The molecule has 0 fully saturated rings. The number of halogens is 2. The molecule has 0 unspecified atom stereocenters. The predicted molar refractivity (Wildman–Crippen MR) is 64.4 cm³/mol. The Morgan fingerprint density at radius 2 is 2.20 bits per heavy atom. The molecule has 0 heterocycles. The number of rotatable bonds is 5. The number of nitrogens with one attached hydrogen (secondary N) is 1. The lowest BCUT2D eigenvalue weighted by Gasteiger charge is -2.16. The molecule has 0 spiro atoms. The van der Waals surface area contributed by atoms with Crippen molar-refractivity contribution in [2.45, 2.75) is 6.54 Å². The van der Waals surface area contributed by atoms with Crippen LogP contribution < -0.4 is 5.32 Å². The van der Waals surface area contributed by atoms with Crippen LogP contribution in [0.4, 0.5) is 4.39 Å². The quantitative estimate of drug-likeness (QED) is 0.886. The van der Waals surface area contributed by atoms with Crippen molar-refractivity contribution in [3.05, 3.63) is 34.1 Å². The van der Waals surface area contributed by atoms with Crippen LogP contribution in [0, 0.1) is 5.82 Å². The van der Waals surface area contributed by atoms with Crippen molar-refractivity contribution in [2.24, 2.45) is 0 Å². The molecule has 0 saturated carbocycles. The van der Waals surface area contributed by atoms with Gasteiger partial charge >= 0.3 is 0 Å². The van der Waals surface area contributed by atoms with E-state index in [1.807, 2.05) is 20.2 Å². The molecule has 0 bridgehead atoms. The highest BCUT2D eigenvalue weighted by molar-refractivity contribution is 9.10. The average Bonchev–Trinajstić information content (AvgIpc) is 2.20.